The molecule has 0 bridgehead atoms. The van der Waals surface area contributed by atoms with Crippen LogP contribution in [0.4, 0.5) is 37.8 Å². The zero-order valence-corrected chi connectivity index (χ0v) is 18.4. The topological polar surface area (TPSA) is 74.2 Å². The van der Waals surface area contributed by atoms with E-state index in [4.69, 9.17) is 5.11 Å². The van der Waals surface area contributed by atoms with Crippen LogP contribution in [0.15, 0.2) is 54.7 Å². The van der Waals surface area contributed by atoms with Crippen molar-refractivity contribution in [2.45, 2.75) is 25.7 Å². The maximum absolute atomic E-state index is 13.1. The molecule has 0 spiro atoms. The summed E-state index contributed by atoms with van der Waals surface area (Å²) in [6.45, 7) is 1.57. The molecule has 35 heavy (non-hydrogen) atoms. The van der Waals surface area contributed by atoms with Crippen molar-refractivity contribution in [2.75, 3.05) is 18.5 Å². The fourth-order valence-corrected chi connectivity index (χ4v) is 3.43. The fraction of sp³-hybridized carbons (Fsp3) is 0.250. The summed E-state index contributed by atoms with van der Waals surface area (Å²) in [5.41, 5.74) is -0.980. The van der Waals surface area contributed by atoms with Crippen molar-refractivity contribution in [3.63, 3.8) is 0 Å². The number of carbonyl (C=O) groups excluding carboxylic acids is 1. The summed E-state index contributed by atoms with van der Waals surface area (Å²) in [6, 6.07) is 9.40. The zero-order chi connectivity index (χ0) is 25.8. The third kappa shape index (κ3) is 6.72. The van der Waals surface area contributed by atoms with E-state index in [1.54, 1.807) is 25.1 Å². The maximum Gasteiger partial charge on any atom is 0.416 e. The molecule has 0 unspecified atom stereocenters. The Morgan fingerprint density at radius 2 is 1.60 bits per heavy atom. The molecule has 1 heterocycles. The van der Waals surface area contributed by atoms with E-state index in [-0.39, 0.29) is 37.1 Å². The van der Waals surface area contributed by atoms with E-state index >= 15 is 0 Å². The fourth-order valence-electron chi connectivity index (χ4n) is 3.43. The van der Waals surface area contributed by atoms with Gasteiger partial charge in [-0.1, -0.05) is 6.07 Å². The van der Waals surface area contributed by atoms with E-state index in [0.29, 0.717) is 40.3 Å². The third-order valence-electron chi connectivity index (χ3n) is 5.12. The van der Waals surface area contributed by atoms with Crippen molar-refractivity contribution in [1.29, 1.82) is 0 Å². The molecule has 2 aromatic carbocycles. The summed E-state index contributed by atoms with van der Waals surface area (Å²) in [5, 5.41) is 14.5. The molecule has 0 aliphatic carbocycles. The number of halogens is 6. The van der Waals surface area contributed by atoms with Crippen LogP contribution in [0, 0.1) is 6.92 Å². The highest BCUT2D eigenvalue weighted by atomic mass is 19.4. The minimum absolute atomic E-state index is 0.0884. The van der Waals surface area contributed by atoms with Crippen molar-refractivity contribution < 1.29 is 36.2 Å². The molecule has 11 heteroatoms. The molecule has 0 aliphatic heterocycles. The van der Waals surface area contributed by atoms with Crippen LogP contribution in [0.5, 0.6) is 0 Å². The second-order valence-corrected chi connectivity index (χ2v) is 7.72. The molecular weight excluding hydrogens is 476 g/mol. The first-order chi connectivity index (χ1) is 16.4. The number of carbonyl (C=O) groups is 1. The first-order valence-corrected chi connectivity index (χ1v) is 10.4. The zero-order valence-electron chi connectivity index (χ0n) is 18.4. The van der Waals surface area contributed by atoms with E-state index in [0.717, 1.165) is 0 Å². The summed E-state index contributed by atoms with van der Waals surface area (Å²) < 4.78 is 78.9. The number of aliphatic hydroxyl groups excluding tert-OH is 1. The Bertz CT molecular complexity index is 1180. The van der Waals surface area contributed by atoms with Crippen LogP contribution in [0.25, 0.3) is 0 Å². The van der Waals surface area contributed by atoms with E-state index in [1.807, 2.05) is 0 Å². The number of pyridine rings is 1. The van der Waals surface area contributed by atoms with Crippen molar-refractivity contribution in [3.8, 4) is 0 Å². The number of nitrogens with zero attached hydrogens (tertiary/aromatic N) is 1. The van der Waals surface area contributed by atoms with Crippen LogP contribution in [0.1, 0.15) is 38.2 Å². The highest BCUT2D eigenvalue weighted by Gasteiger charge is 2.36. The average Bonchev–Trinajstić information content (AvgIpc) is 2.78. The number of aromatic nitrogens is 1. The molecule has 0 saturated heterocycles. The largest absolute Gasteiger partial charge is 0.416 e. The molecule has 1 amide bonds. The highest BCUT2D eigenvalue weighted by molar-refractivity contribution is 5.97. The van der Waals surface area contributed by atoms with Gasteiger partial charge in [0.15, 0.2) is 0 Å². The van der Waals surface area contributed by atoms with Crippen LogP contribution in [0.3, 0.4) is 0 Å². The molecule has 3 N–H and O–H groups in total. The van der Waals surface area contributed by atoms with Crippen molar-refractivity contribution in [1.82, 2.24) is 10.3 Å². The highest BCUT2D eigenvalue weighted by Crippen LogP contribution is 2.36. The third-order valence-corrected chi connectivity index (χ3v) is 5.12. The number of amides is 1. The second kappa shape index (κ2) is 10.3. The summed E-state index contributed by atoms with van der Waals surface area (Å²) >= 11 is 0. The number of aliphatic hydroxyl groups is 1. The van der Waals surface area contributed by atoms with E-state index in [1.165, 1.54) is 18.3 Å². The van der Waals surface area contributed by atoms with Gasteiger partial charge in [0.05, 0.1) is 17.7 Å². The van der Waals surface area contributed by atoms with E-state index in [9.17, 15) is 31.1 Å². The summed E-state index contributed by atoms with van der Waals surface area (Å²) in [4.78, 5) is 16.4. The predicted octanol–water partition coefficient (Wildman–Crippen LogP) is 5.48. The maximum atomic E-state index is 13.1. The van der Waals surface area contributed by atoms with Gasteiger partial charge >= 0.3 is 12.4 Å². The summed E-state index contributed by atoms with van der Waals surface area (Å²) in [6.07, 6.45) is -8.66. The van der Waals surface area contributed by atoms with Crippen molar-refractivity contribution >= 4 is 17.4 Å². The molecule has 5 nitrogen and oxygen atoms in total. The van der Waals surface area contributed by atoms with Crippen LogP contribution in [-0.4, -0.2) is 29.1 Å². The Hall–Kier alpha value is -3.60. The van der Waals surface area contributed by atoms with Gasteiger partial charge in [-0.2, -0.15) is 26.3 Å². The van der Waals surface area contributed by atoms with E-state index in [2.05, 4.69) is 15.6 Å². The molecule has 0 aliphatic rings. The minimum Gasteiger partial charge on any atom is -0.395 e. The molecule has 186 valence electrons. The van der Waals surface area contributed by atoms with Gasteiger partial charge in [-0.25, -0.2) is 4.98 Å². The molecule has 1 aromatic heterocycles. The number of benzene rings is 2. The van der Waals surface area contributed by atoms with Gasteiger partial charge in [0.1, 0.15) is 5.82 Å². The predicted molar refractivity (Wildman–Crippen MR) is 117 cm³/mol. The Morgan fingerprint density at radius 1 is 0.943 bits per heavy atom. The molecule has 3 rings (SSSR count). The minimum atomic E-state index is -4.92. The molecule has 0 atom stereocenters. The van der Waals surface area contributed by atoms with Crippen molar-refractivity contribution in [2.24, 2.45) is 0 Å². The van der Waals surface area contributed by atoms with Gasteiger partial charge in [0.25, 0.3) is 5.91 Å². The lowest BCUT2D eigenvalue weighted by Gasteiger charge is -2.15. The van der Waals surface area contributed by atoms with E-state index < -0.39 is 23.5 Å². The Morgan fingerprint density at radius 3 is 2.20 bits per heavy atom. The quantitative estimate of drug-likeness (QED) is 0.378. The lowest BCUT2D eigenvalue weighted by Crippen LogP contribution is -2.27. The first kappa shape index (κ1) is 26.0. The Balaban J connectivity index is 1.87. The number of hydrogen-bond acceptors (Lipinski definition) is 4. The molecule has 0 saturated carbocycles. The van der Waals surface area contributed by atoms with Crippen LogP contribution in [-0.2, 0) is 18.8 Å². The molecule has 0 radical (unpaired) electrons. The average molecular weight is 497 g/mol. The standard InChI is InChI=1S/C24H21F6N3O2/c1-14-19(22(35)32-7-8-34)3-2-4-20(14)33-21-12-15(5-6-31-21)9-16-10-17(23(25,26)27)13-18(11-16)24(28,29)30/h2-6,10-13,34H,7-9H2,1H3,(H,31,33)(H,32,35). The van der Waals surface area contributed by atoms with Crippen molar-refractivity contribution in [3.05, 3.63) is 88.1 Å². The number of nitrogens with one attached hydrogen (secondary N) is 2. The molecule has 3 aromatic rings. The van der Waals surface area contributed by atoms with Gasteiger partial charge in [-0.05, 0) is 72.5 Å². The smallest absolute Gasteiger partial charge is 0.395 e. The number of alkyl halides is 6. The lowest BCUT2D eigenvalue weighted by atomic mass is 9.99. The Kier molecular flexibility index (Phi) is 7.69. The first-order valence-electron chi connectivity index (χ1n) is 10.4. The van der Waals surface area contributed by atoms with Gasteiger partial charge in [0, 0.05) is 24.0 Å². The number of hydrogen-bond donors (Lipinski definition) is 3. The second-order valence-electron chi connectivity index (χ2n) is 7.72. The van der Waals surface area contributed by atoms with Gasteiger partial charge in [-0.15, -0.1) is 0 Å². The number of anilines is 2. The lowest BCUT2D eigenvalue weighted by molar-refractivity contribution is -0.143. The van der Waals surface area contributed by atoms with Gasteiger partial charge in [0.2, 0.25) is 0 Å². The molecule has 0 fully saturated rings. The van der Waals surface area contributed by atoms with Gasteiger partial charge < -0.3 is 15.7 Å². The number of rotatable bonds is 7. The monoisotopic (exact) mass is 497 g/mol. The normalized spacial score (nSPS) is 11.9. The molecular formula is C24H21F6N3O2. The van der Waals surface area contributed by atoms with Gasteiger partial charge in [-0.3, -0.25) is 4.79 Å². The Labute approximate surface area is 196 Å². The van der Waals surface area contributed by atoms with Crippen LogP contribution < -0.4 is 10.6 Å². The van der Waals surface area contributed by atoms with Crippen LogP contribution in [0.2, 0.25) is 0 Å². The summed E-state index contributed by atoms with van der Waals surface area (Å²) in [5.74, 6) is -0.0894. The summed E-state index contributed by atoms with van der Waals surface area (Å²) in [7, 11) is 0. The SMILES string of the molecule is Cc1c(Nc2cc(Cc3cc(C(F)(F)F)cc(C(F)(F)F)c3)ccn2)cccc1C(=O)NCCO. The van der Waals surface area contributed by atoms with Crippen LogP contribution >= 0.6 is 0 Å².